The predicted molar refractivity (Wildman–Crippen MR) is 72.1 cm³/mol. The molecule has 0 bridgehead atoms. The zero-order valence-electron chi connectivity index (χ0n) is 7.40. The lowest BCUT2D eigenvalue weighted by molar-refractivity contribution is 0.968. The Balaban J connectivity index is 0. The summed E-state index contributed by atoms with van der Waals surface area (Å²) in [6.07, 6.45) is 8.32. The molecular weight excluding hydrogens is 322 g/mol. The zero-order chi connectivity index (χ0) is 9.82. The Labute approximate surface area is 102 Å². The Bertz CT molecular complexity index is 101. The lowest BCUT2D eigenvalue weighted by Crippen LogP contribution is -1.81. The summed E-state index contributed by atoms with van der Waals surface area (Å²) in [5, 5.41) is 0. The van der Waals surface area contributed by atoms with Crippen molar-refractivity contribution in [3.8, 4) is 0 Å². The number of alkyl halides is 1. The first kappa shape index (κ1) is 15.9. The number of hydrogen-bond donors (Lipinski definition) is 0. The topological polar surface area (TPSA) is 0 Å². The molecule has 0 saturated heterocycles. The van der Waals surface area contributed by atoms with Gasteiger partial charge in [-0.2, -0.15) is 11.8 Å². The van der Waals surface area contributed by atoms with Crippen LogP contribution in [0.3, 0.4) is 0 Å². The van der Waals surface area contributed by atoms with E-state index >= 15 is 0 Å². The van der Waals surface area contributed by atoms with Crippen molar-refractivity contribution >= 4 is 59.2 Å². The van der Waals surface area contributed by atoms with Crippen LogP contribution in [0.2, 0.25) is 0 Å². The Kier molecular flexibility index (Phi) is 19.7. The molecule has 72 valence electrons. The number of halogens is 3. The monoisotopic (exact) mass is 334 g/mol. The van der Waals surface area contributed by atoms with E-state index in [4.69, 9.17) is 11.6 Å². The minimum absolute atomic E-state index is 0.306. The van der Waals surface area contributed by atoms with Gasteiger partial charge in [-0.3, -0.25) is 0 Å². The van der Waals surface area contributed by atoms with Gasteiger partial charge in [-0.15, -0.1) is 43.1 Å². The van der Waals surface area contributed by atoms with Gasteiger partial charge in [-0.05, 0) is 25.4 Å². The third-order valence-electron chi connectivity index (χ3n) is 0.786. The van der Waals surface area contributed by atoms with Gasteiger partial charge in [0.1, 0.15) is 0 Å². The minimum Gasteiger partial charge on any atom is -0.169 e. The molecule has 0 atom stereocenters. The van der Waals surface area contributed by atoms with Crippen LogP contribution in [0, 0.1) is 0 Å². The van der Waals surface area contributed by atoms with E-state index in [0.717, 1.165) is 18.7 Å². The highest BCUT2D eigenvalue weighted by Crippen LogP contribution is 2.04. The smallest absolute Gasteiger partial charge is 0.169 e. The van der Waals surface area contributed by atoms with E-state index in [1.54, 1.807) is 11.8 Å². The number of thioether (sulfide) groups is 1. The van der Waals surface area contributed by atoms with Gasteiger partial charge < -0.3 is 0 Å². The molecule has 0 N–H and O–H groups in total. The summed E-state index contributed by atoms with van der Waals surface area (Å²) in [6, 6.07) is 0. The molecule has 12 heavy (non-hydrogen) atoms. The molecule has 0 aromatic heterocycles. The summed E-state index contributed by atoms with van der Waals surface area (Å²) in [7, 11) is 0. The van der Waals surface area contributed by atoms with Gasteiger partial charge in [0.05, 0.1) is 0 Å². The van der Waals surface area contributed by atoms with E-state index in [-0.39, 0.29) is 0 Å². The summed E-state index contributed by atoms with van der Waals surface area (Å²) in [4.78, 5) is 0. The summed E-state index contributed by atoms with van der Waals surface area (Å²) in [6.45, 7) is 0. The maximum Gasteiger partial charge on any atom is 0.322 e. The molecule has 0 saturated carbocycles. The molecule has 0 fully saturated rings. The van der Waals surface area contributed by atoms with Crippen LogP contribution in [-0.4, -0.2) is 22.8 Å². The maximum absolute atomic E-state index is 5.46. The molecule has 0 rings (SSSR count). The summed E-state index contributed by atoms with van der Waals surface area (Å²) >= 11 is 13.9. The number of hydrogen-bond acceptors (Lipinski definition) is 1. The van der Waals surface area contributed by atoms with Crippen molar-refractivity contribution in [2.45, 2.75) is 12.8 Å². The highest BCUT2D eigenvalue weighted by Gasteiger charge is 1.93. The largest absolute Gasteiger partial charge is 0.322 e. The van der Waals surface area contributed by atoms with E-state index in [1.807, 2.05) is 18.5 Å². The Morgan fingerprint density at radius 2 is 1.92 bits per heavy atom. The average molecular weight is 336 g/mol. The van der Waals surface area contributed by atoms with Gasteiger partial charge in [0.25, 0.3) is 0 Å². The third-order valence-corrected chi connectivity index (χ3v) is 1.66. The predicted octanol–water partition coefficient (Wildman–Crippen LogP) is 4.36. The van der Waals surface area contributed by atoms with Gasteiger partial charge in [0.15, 0.2) is 0 Å². The van der Waals surface area contributed by atoms with Crippen LogP contribution in [0.4, 0.5) is 0 Å². The van der Waals surface area contributed by atoms with Gasteiger partial charge in [-0.1, -0.05) is 12.1 Å². The molecular formula is C7H14BBr2ClS. The summed E-state index contributed by atoms with van der Waals surface area (Å²) < 4.78 is 0.306. The van der Waals surface area contributed by atoms with E-state index in [0.29, 0.717) is 4.36 Å². The highest BCUT2D eigenvalue weighted by atomic mass is 79.9. The quantitative estimate of drug-likeness (QED) is 0.418. The maximum atomic E-state index is 5.46. The van der Waals surface area contributed by atoms with Gasteiger partial charge in [-0.25, -0.2) is 0 Å². The van der Waals surface area contributed by atoms with Crippen LogP contribution in [0.1, 0.15) is 12.8 Å². The standard InChI is InChI=1S/C5H8BBr2Cl.C2H6S/c7-6(8)4-2-1-3-5-9;1-3-2/h2,4H,1,3,5H2;1-2H3/b4-2+;. The van der Waals surface area contributed by atoms with Crippen molar-refractivity contribution in [1.29, 1.82) is 0 Å². The Morgan fingerprint density at radius 3 is 2.25 bits per heavy atom. The van der Waals surface area contributed by atoms with Crippen LogP contribution in [0.5, 0.6) is 0 Å². The molecule has 0 nitrogen and oxygen atoms in total. The molecule has 0 aliphatic carbocycles. The van der Waals surface area contributed by atoms with Crippen molar-refractivity contribution in [2.24, 2.45) is 0 Å². The average Bonchev–Trinajstić information content (AvgIpc) is 1.99. The van der Waals surface area contributed by atoms with Gasteiger partial charge >= 0.3 is 4.36 Å². The van der Waals surface area contributed by atoms with Crippen LogP contribution < -0.4 is 0 Å². The zero-order valence-corrected chi connectivity index (χ0v) is 12.1. The van der Waals surface area contributed by atoms with Gasteiger partial charge in [0.2, 0.25) is 0 Å². The first-order valence-electron chi connectivity index (χ1n) is 3.60. The molecule has 0 unspecified atom stereocenters. The molecule has 0 radical (unpaired) electrons. The number of allylic oxidation sites excluding steroid dienone is 1. The fourth-order valence-electron chi connectivity index (χ4n) is 0.394. The third kappa shape index (κ3) is 22.5. The Morgan fingerprint density at radius 1 is 1.42 bits per heavy atom. The van der Waals surface area contributed by atoms with Crippen LogP contribution in [0.15, 0.2) is 12.1 Å². The molecule has 0 heterocycles. The fourth-order valence-corrected chi connectivity index (χ4v) is 0.980. The number of unbranched alkanes of at least 4 members (excludes halogenated alkanes) is 1. The van der Waals surface area contributed by atoms with Crippen molar-refractivity contribution in [3.63, 3.8) is 0 Å². The van der Waals surface area contributed by atoms with E-state index in [1.165, 1.54) is 0 Å². The minimum atomic E-state index is 0.306. The van der Waals surface area contributed by atoms with Crippen molar-refractivity contribution in [3.05, 3.63) is 12.1 Å². The molecule has 5 heteroatoms. The second-order valence-corrected chi connectivity index (χ2v) is 6.40. The molecule has 0 aliphatic rings. The fraction of sp³-hybridized carbons (Fsp3) is 0.714. The summed E-state index contributed by atoms with van der Waals surface area (Å²) in [5.74, 6) is 2.80. The molecule has 0 aromatic carbocycles. The van der Waals surface area contributed by atoms with E-state index in [9.17, 15) is 0 Å². The SMILES string of the molecule is CSC.ClCCC/C=C/B(Br)Br. The van der Waals surface area contributed by atoms with Crippen LogP contribution >= 0.6 is 54.9 Å². The van der Waals surface area contributed by atoms with Crippen molar-refractivity contribution in [1.82, 2.24) is 0 Å². The Hall–Kier alpha value is 1.40. The van der Waals surface area contributed by atoms with E-state index in [2.05, 4.69) is 37.6 Å². The highest BCUT2D eigenvalue weighted by molar-refractivity contribution is 9.49. The number of rotatable bonds is 4. The molecule has 0 aliphatic heterocycles. The van der Waals surface area contributed by atoms with Crippen LogP contribution in [0.25, 0.3) is 0 Å². The molecule has 0 spiro atoms. The second-order valence-electron chi connectivity index (χ2n) is 2.00. The van der Waals surface area contributed by atoms with Crippen molar-refractivity contribution < 1.29 is 0 Å². The second kappa shape index (κ2) is 14.9. The van der Waals surface area contributed by atoms with Gasteiger partial charge in [0, 0.05) is 5.88 Å². The van der Waals surface area contributed by atoms with Crippen molar-refractivity contribution in [2.75, 3.05) is 18.4 Å². The van der Waals surface area contributed by atoms with Crippen LogP contribution in [-0.2, 0) is 0 Å². The molecule has 0 aromatic rings. The summed E-state index contributed by atoms with van der Waals surface area (Å²) in [5.41, 5.74) is 0. The first-order valence-corrected chi connectivity index (χ1v) is 7.59. The normalized spacial score (nSPS) is 9.42. The lowest BCUT2D eigenvalue weighted by Gasteiger charge is -1.86. The van der Waals surface area contributed by atoms with E-state index < -0.39 is 0 Å². The first-order chi connectivity index (χ1) is 5.68. The molecule has 0 amide bonds. The lowest BCUT2D eigenvalue weighted by atomic mass is 10.1.